The summed E-state index contributed by atoms with van der Waals surface area (Å²) < 4.78 is 11.9. The maximum atomic E-state index is 12.4. The molecule has 0 saturated carbocycles. The lowest BCUT2D eigenvalue weighted by Crippen LogP contribution is -2.30. The topological polar surface area (TPSA) is 112 Å². The number of nitrogens with zero attached hydrogens (tertiary/aromatic N) is 4. The molecule has 9 heteroatoms. The van der Waals surface area contributed by atoms with Gasteiger partial charge in [0.05, 0.1) is 17.6 Å². The second-order valence-electron chi connectivity index (χ2n) is 6.79. The summed E-state index contributed by atoms with van der Waals surface area (Å²) in [6, 6.07) is 16.2. The van der Waals surface area contributed by atoms with Crippen molar-refractivity contribution in [1.29, 1.82) is 0 Å². The van der Waals surface area contributed by atoms with Crippen molar-refractivity contribution in [1.82, 2.24) is 20.2 Å². The molecule has 0 aliphatic carbocycles. The normalized spacial score (nSPS) is 11.9. The van der Waals surface area contributed by atoms with Crippen LogP contribution in [-0.2, 0) is 16.1 Å². The van der Waals surface area contributed by atoms with Gasteiger partial charge in [-0.15, -0.1) is 5.10 Å². The molecule has 0 fully saturated rings. The van der Waals surface area contributed by atoms with Crippen LogP contribution >= 0.6 is 0 Å². The zero-order chi connectivity index (χ0) is 21.1. The second kappa shape index (κ2) is 8.16. The quantitative estimate of drug-likeness (QED) is 0.491. The van der Waals surface area contributed by atoms with Crippen LogP contribution in [0.3, 0.4) is 0 Å². The molecule has 2 heterocycles. The number of carbonyl (C=O) groups excluding carboxylic acids is 2. The molecular formula is C21H19N5O4. The maximum absolute atomic E-state index is 12.4. The Morgan fingerprint density at radius 1 is 1.17 bits per heavy atom. The first-order valence-corrected chi connectivity index (χ1v) is 9.32. The Hall–Kier alpha value is -4.01. The molecule has 0 bridgehead atoms. The number of hydrogen-bond donors (Lipinski definition) is 1. The highest BCUT2D eigenvalue weighted by atomic mass is 16.5. The monoisotopic (exact) mass is 405 g/mol. The van der Waals surface area contributed by atoms with Gasteiger partial charge in [-0.25, -0.2) is 9.48 Å². The number of para-hydroxylation sites is 1. The van der Waals surface area contributed by atoms with E-state index in [4.69, 9.17) is 9.26 Å². The standard InChI is InChI=1S/C21H19N5O4/c1-13-11-19(24-30-13)22-20(27)14(2)29-21(28)16-9-7-15(8-10-16)12-26-18-6-4-3-5-17(18)23-25-26/h3-11,14H,12H2,1-2H3,(H,22,24,27)/t14-/m0/s1. The number of fused-ring (bicyclic) bond motifs is 1. The number of aromatic nitrogens is 4. The van der Waals surface area contributed by atoms with E-state index in [1.165, 1.54) is 6.92 Å². The lowest BCUT2D eigenvalue weighted by atomic mass is 10.1. The number of hydrogen-bond acceptors (Lipinski definition) is 7. The van der Waals surface area contributed by atoms with Crippen molar-refractivity contribution in [2.24, 2.45) is 0 Å². The smallest absolute Gasteiger partial charge is 0.338 e. The van der Waals surface area contributed by atoms with Crippen molar-refractivity contribution in [3.8, 4) is 0 Å². The van der Waals surface area contributed by atoms with Gasteiger partial charge in [0.25, 0.3) is 5.91 Å². The summed E-state index contributed by atoms with van der Waals surface area (Å²) in [5.74, 6) is -0.252. The summed E-state index contributed by atoms with van der Waals surface area (Å²) in [7, 11) is 0. The minimum Gasteiger partial charge on any atom is -0.449 e. The van der Waals surface area contributed by atoms with Gasteiger partial charge in [-0.3, -0.25) is 4.79 Å². The van der Waals surface area contributed by atoms with Crippen LogP contribution in [0.15, 0.2) is 59.1 Å². The molecule has 0 aliphatic rings. The highest BCUT2D eigenvalue weighted by Gasteiger charge is 2.20. The number of amides is 1. The minimum absolute atomic E-state index is 0.269. The number of esters is 1. The van der Waals surface area contributed by atoms with Crippen LogP contribution in [-0.4, -0.2) is 38.1 Å². The number of rotatable bonds is 6. The predicted octanol–water partition coefficient (Wildman–Crippen LogP) is 2.96. The van der Waals surface area contributed by atoms with Crippen molar-refractivity contribution < 1.29 is 18.8 Å². The molecule has 1 atom stereocenters. The van der Waals surface area contributed by atoms with E-state index in [0.29, 0.717) is 17.9 Å². The molecule has 0 saturated heterocycles. The van der Waals surface area contributed by atoms with Gasteiger partial charge in [0.15, 0.2) is 11.9 Å². The number of carbonyl (C=O) groups is 2. The highest BCUT2D eigenvalue weighted by Crippen LogP contribution is 2.14. The lowest BCUT2D eigenvalue weighted by Gasteiger charge is -2.12. The zero-order valence-corrected chi connectivity index (χ0v) is 16.4. The van der Waals surface area contributed by atoms with Gasteiger partial charge >= 0.3 is 5.97 Å². The summed E-state index contributed by atoms with van der Waals surface area (Å²) in [6.07, 6.45) is -0.990. The fourth-order valence-corrected chi connectivity index (χ4v) is 2.89. The molecule has 0 aliphatic heterocycles. The molecule has 4 aromatic rings. The van der Waals surface area contributed by atoms with Crippen molar-refractivity contribution in [2.45, 2.75) is 26.5 Å². The molecule has 152 valence electrons. The fraction of sp³-hybridized carbons (Fsp3) is 0.190. The van der Waals surface area contributed by atoms with Gasteiger partial charge in [0.1, 0.15) is 11.3 Å². The van der Waals surface area contributed by atoms with E-state index in [9.17, 15) is 9.59 Å². The molecule has 0 spiro atoms. The fourth-order valence-electron chi connectivity index (χ4n) is 2.89. The van der Waals surface area contributed by atoms with E-state index < -0.39 is 18.0 Å². The van der Waals surface area contributed by atoms with Crippen molar-refractivity contribution >= 4 is 28.7 Å². The van der Waals surface area contributed by atoms with E-state index in [-0.39, 0.29) is 5.82 Å². The first-order chi connectivity index (χ1) is 14.5. The highest BCUT2D eigenvalue weighted by molar-refractivity contribution is 5.96. The summed E-state index contributed by atoms with van der Waals surface area (Å²) in [6.45, 7) is 3.72. The van der Waals surface area contributed by atoms with Crippen LogP contribution in [0.25, 0.3) is 11.0 Å². The van der Waals surface area contributed by atoms with Crippen LogP contribution in [0.1, 0.15) is 28.6 Å². The van der Waals surface area contributed by atoms with Gasteiger partial charge in [-0.05, 0) is 43.7 Å². The van der Waals surface area contributed by atoms with Crippen LogP contribution in [0.4, 0.5) is 5.82 Å². The molecule has 0 unspecified atom stereocenters. The first-order valence-electron chi connectivity index (χ1n) is 9.32. The number of anilines is 1. The van der Waals surface area contributed by atoms with E-state index in [0.717, 1.165) is 16.6 Å². The first kappa shape index (κ1) is 19.3. The summed E-state index contributed by atoms with van der Waals surface area (Å²) in [4.78, 5) is 24.5. The third-order valence-electron chi connectivity index (χ3n) is 4.47. The Bertz CT molecular complexity index is 1200. The zero-order valence-electron chi connectivity index (χ0n) is 16.4. The van der Waals surface area contributed by atoms with Crippen LogP contribution in [0, 0.1) is 6.92 Å². The Balaban J connectivity index is 1.37. The third kappa shape index (κ3) is 4.19. The van der Waals surface area contributed by atoms with Crippen LogP contribution in [0.2, 0.25) is 0 Å². The minimum atomic E-state index is -0.990. The number of aryl methyl sites for hydroxylation is 1. The maximum Gasteiger partial charge on any atom is 0.338 e. The van der Waals surface area contributed by atoms with E-state index in [1.807, 2.05) is 36.4 Å². The van der Waals surface area contributed by atoms with Gasteiger partial charge < -0.3 is 14.6 Å². The molecule has 9 nitrogen and oxygen atoms in total. The molecule has 2 aromatic carbocycles. The SMILES string of the molecule is Cc1cc(NC(=O)[C@H](C)OC(=O)c2ccc(Cn3nnc4ccccc43)cc2)no1. The second-order valence-corrected chi connectivity index (χ2v) is 6.79. The van der Waals surface area contributed by atoms with E-state index in [2.05, 4.69) is 20.8 Å². The van der Waals surface area contributed by atoms with Crippen LogP contribution in [0.5, 0.6) is 0 Å². The average Bonchev–Trinajstić information content (AvgIpc) is 3.34. The molecular weight excluding hydrogens is 386 g/mol. The van der Waals surface area contributed by atoms with E-state index >= 15 is 0 Å². The van der Waals surface area contributed by atoms with Gasteiger partial charge in [-0.2, -0.15) is 0 Å². The summed E-state index contributed by atoms with van der Waals surface area (Å²) in [5.41, 5.74) is 3.06. The lowest BCUT2D eigenvalue weighted by molar-refractivity contribution is -0.123. The number of benzene rings is 2. The molecule has 4 rings (SSSR count). The van der Waals surface area contributed by atoms with Gasteiger partial charge in [-0.1, -0.05) is 34.6 Å². The summed E-state index contributed by atoms with van der Waals surface area (Å²) in [5, 5.41) is 14.5. The number of nitrogens with one attached hydrogen (secondary N) is 1. The van der Waals surface area contributed by atoms with Gasteiger partial charge in [0.2, 0.25) is 0 Å². The predicted molar refractivity (Wildman–Crippen MR) is 108 cm³/mol. The largest absolute Gasteiger partial charge is 0.449 e. The number of ether oxygens (including phenoxy) is 1. The molecule has 30 heavy (non-hydrogen) atoms. The Morgan fingerprint density at radius 3 is 2.67 bits per heavy atom. The molecule has 0 radical (unpaired) electrons. The van der Waals surface area contributed by atoms with Crippen molar-refractivity contribution in [2.75, 3.05) is 5.32 Å². The Kier molecular flexibility index (Phi) is 5.25. The van der Waals surface area contributed by atoms with Crippen molar-refractivity contribution in [3.05, 3.63) is 71.5 Å². The molecule has 1 amide bonds. The van der Waals surface area contributed by atoms with E-state index in [1.54, 1.807) is 29.8 Å². The van der Waals surface area contributed by atoms with Crippen molar-refractivity contribution in [3.63, 3.8) is 0 Å². The Morgan fingerprint density at radius 2 is 1.93 bits per heavy atom. The van der Waals surface area contributed by atoms with Crippen LogP contribution < -0.4 is 5.32 Å². The molecule has 1 N–H and O–H groups in total. The third-order valence-corrected chi connectivity index (χ3v) is 4.47. The molecule has 2 aromatic heterocycles. The average molecular weight is 405 g/mol. The summed E-state index contributed by atoms with van der Waals surface area (Å²) >= 11 is 0. The Labute approximate surface area is 171 Å². The van der Waals surface area contributed by atoms with Gasteiger partial charge in [0, 0.05) is 6.07 Å².